The van der Waals surface area contributed by atoms with Gasteiger partial charge in [0.25, 0.3) is 0 Å². The molecule has 4 rings (SSSR count). The molecule has 1 N–H and O–H groups in total. The molecule has 2 heterocycles. The first-order valence-corrected chi connectivity index (χ1v) is 10.9. The second kappa shape index (κ2) is 6.98. The van der Waals surface area contributed by atoms with Crippen LogP contribution >= 0.6 is 0 Å². The van der Waals surface area contributed by atoms with Gasteiger partial charge in [0.15, 0.2) is 0 Å². The van der Waals surface area contributed by atoms with Crippen LogP contribution in [0, 0.1) is 0 Å². The van der Waals surface area contributed by atoms with E-state index in [1.807, 2.05) is 36.4 Å². The van der Waals surface area contributed by atoms with Gasteiger partial charge in [-0.1, -0.05) is 30.3 Å². The monoisotopic (exact) mass is 386 g/mol. The van der Waals surface area contributed by atoms with Crippen molar-refractivity contribution in [3.8, 4) is 0 Å². The second-order valence-corrected chi connectivity index (χ2v) is 9.08. The van der Waals surface area contributed by atoms with Gasteiger partial charge in [-0.15, -0.1) is 0 Å². The molecule has 3 aromatic rings. The third-order valence-electron chi connectivity index (χ3n) is 5.18. The van der Waals surface area contributed by atoms with E-state index in [1.54, 1.807) is 6.26 Å². The van der Waals surface area contributed by atoms with Crippen molar-refractivity contribution in [3.05, 3.63) is 48.2 Å². The van der Waals surface area contributed by atoms with Crippen molar-refractivity contribution >= 4 is 37.7 Å². The van der Waals surface area contributed by atoms with Crippen LogP contribution < -0.4 is 5.32 Å². The molecular formula is C20H22N2O4S. The molecule has 1 amide bonds. The number of amides is 1. The van der Waals surface area contributed by atoms with Gasteiger partial charge in [0.1, 0.15) is 5.58 Å². The fourth-order valence-corrected chi connectivity index (χ4v) is 4.66. The van der Waals surface area contributed by atoms with Gasteiger partial charge in [-0.25, -0.2) is 12.7 Å². The lowest BCUT2D eigenvalue weighted by molar-refractivity contribution is -0.121. The van der Waals surface area contributed by atoms with Crippen LogP contribution in [0.25, 0.3) is 21.7 Å². The van der Waals surface area contributed by atoms with Gasteiger partial charge < -0.3 is 9.73 Å². The zero-order chi connectivity index (χ0) is 19.0. The number of hydrogen-bond donors (Lipinski definition) is 1. The first-order valence-electron chi connectivity index (χ1n) is 9.04. The second-order valence-electron chi connectivity index (χ2n) is 7.10. The smallest absolute Gasteiger partial charge is 0.224 e. The minimum absolute atomic E-state index is 0.00501. The molecule has 7 heteroatoms. The molecule has 0 aliphatic carbocycles. The zero-order valence-corrected chi connectivity index (χ0v) is 16.0. The third-order valence-corrected chi connectivity index (χ3v) is 6.48. The van der Waals surface area contributed by atoms with Crippen LogP contribution in [0.4, 0.5) is 0 Å². The van der Waals surface area contributed by atoms with E-state index in [1.165, 1.54) is 10.6 Å². The fourth-order valence-electron chi connectivity index (χ4n) is 3.79. The van der Waals surface area contributed by atoms with Gasteiger partial charge in [0.05, 0.1) is 18.9 Å². The van der Waals surface area contributed by atoms with Crippen LogP contribution in [0.2, 0.25) is 0 Å². The Morgan fingerprint density at radius 2 is 1.93 bits per heavy atom. The average Bonchev–Trinajstić information content (AvgIpc) is 3.04. The molecule has 0 bridgehead atoms. The van der Waals surface area contributed by atoms with E-state index in [2.05, 4.69) is 5.32 Å². The number of benzene rings is 2. The predicted octanol–water partition coefficient (Wildman–Crippen LogP) is 2.67. The van der Waals surface area contributed by atoms with Crippen molar-refractivity contribution in [3.63, 3.8) is 0 Å². The Hall–Kier alpha value is -2.38. The number of piperidine rings is 1. The molecule has 0 atom stereocenters. The Kier molecular flexibility index (Phi) is 4.65. The Morgan fingerprint density at radius 1 is 1.19 bits per heavy atom. The molecule has 1 fully saturated rings. The van der Waals surface area contributed by atoms with E-state index in [9.17, 15) is 13.2 Å². The fraction of sp³-hybridized carbons (Fsp3) is 0.350. The normalized spacial score (nSPS) is 16.8. The predicted molar refractivity (Wildman–Crippen MR) is 105 cm³/mol. The van der Waals surface area contributed by atoms with E-state index in [0.717, 1.165) is 27.3 Å². The lowest BCUT2D eigenvalue weighted by atomic mass is 10.0. The summed E-state index contributed by atoms with van der Waals surface area (Å²) in [6.45, 7) is 0.895. The summed E-state index contributed by atoms with van der Waals surface area (Å²) in [4.78, 5) is 12.6. The van der Waals surface area contributed by atoms with E-state index in [-0.39, 0.29) is 18.4 Å². The first-order chi connectivity index (χ1) is 12.9. The van der Waals surface area contributed by atoms with Crippen molar-refractivity contribution in [2.45, 2.75) is 25.3 Å². The third kappa shape index (κ3) is 3.70. The molecule has 2 aromatic carbocycles. The quantitative estimate of drug-likeness (QED) is 0.748. The van der Waals surface area contributed by atoms with Gasteiger partial charge in [-0.3, -0.25) is 4.79 Å². The number of nitrogens with zero attached hydrogens (tertiary/aromatic N) is 1. The van der Waals surface area contributed by atoms with Crippen LogP contribution in [0.3, 0.4) is 0 Å². The summed E-state index contributed by atoms with van der Waals surface area (Å²) >= 11 is 0. The maximum absolute atomic E-state index is 12.6. The van der Waals surface area contributed by atoms with E-state index >= 15 is 0 Å². The van der Waals surface area contributed by atoms with Gasteiger partial charge >= 0.3 is 0 Å². The van der Waals surface area contributed by atoms with Crippen molar-refractivity contribution in [2.24, 2.45) is 0 Å². The molecule has 142 valence electrons. The molecule has 1 aliphatic heterocycles. The number of hydrogen-bond acceptors (Lipinski definition) is 4. The number of rotatable bonds is 4. The lowest BCUT2D eigenvalue weighted by Gasteiger charge is -2.30. The summed E-state index contributed by atoms with van der Waals surface area (Å²) in [5.74, 6) is -0.0663. The lowest BCUT2D eigenvalue weighted by Crippen LogP contribution is -2.46. The van der Waals surface area contributed by atoms with Gasteiger partial charge in [-0.2, -0.15) is 0 Å². The minimum Gasteiger partial charge on any atom is -0.464 e. The Morgan fingerprint density at radius 3 is 2.67 bits per heavy atom. The van der Waals surface area contributed by atoms with Crippen molar-refractivity contribution in [1.82, 2.24) is 9.62 Å². The number of fused-ring (bicyclic) bond motifs is 3. The Labute approximate surface area is 158 Å². The molecule has 1 aliphatic rings. The molecule has 27 heavy (non-hydrogen) atoms. The van der Waals surface area contributed by atoms with Crippen LogP contribution in [-0.4, -0.2) is 44.0 Å². The number of carbonyl (C=O) groups is 1. The number of carbonyl (C=O) groups excluding carboxylic acids is 1. The summed E-state index contributed by atoms with van der Waals surface area (Å²) in [7, 11) is -3.16. The Bertz CT molecular complexity index is 1100. The first kappa shape index (κ1) is 18.0. The minimum atomic E-state index is -3.16. The Balaban J connectivity index is 1.47. The SMILES string of the molecule is CS(=O)(=O)N1CCC(NC(=O)Cc2coc3ccc4ccccc4c23)CC1. The maximum atomic E-state index is 12.6. The van der Waals surface area contributed by atoms with Crippen LogP contribution in [0.5, 0.6) is 0 Å². The largest absolute Gasteiger partial charge is 0.464 e. The number of nitrogens with one attached hydrogen (secondary N) is 1. The van der Waals surface area contributed by atoms with E-state index < -0.39 is 10.0 Å². The molecule has 6 nitrogen and oxygen atoms in total. The number of furan rings is 1. The average molecular weight is 386 g/mol. The topological polar surface area (TPSA) is 79.6 Å². The molecule has 1 saturated heterocycles. The highest BCUT2D eigenvalue weighted by Gasteiger charge is 2.26. The van der Waals surface area contributed by atoms with E-state index in [0.29, 0.717) is 25.9 Å². The summed E-state index contributed by atoms with van der Waals surface area (Å²) in [5.41, 5.74) is 1.64. The highest BCUT2D eigenvalue weighted by molar-refractivity contribution is 7.88. The maximum Gasteiger partial charge on any atom is 0.224 e. The molecular weight excluding hydrogens is 364 g/mol. The van der Waals surface area contributed by atoms with Crippen LogP contribution in [0.1, 0.15) is 18.4 Å². The molecule has 0 unspecified atom stereocenters. The molecule has 0 spiro atoms. The van der Waals surface area contributed by atoms with Crippen LogP contribution in [-0.2, 0) is 21.2 Å². The number of sulfonamides is 1. The van der Waals surface area contributed by atoms with Crippen molar-refractivity contribution < 1.29 is 17.6 Å². The molecule has 0 saturated carbocycles. The summed E-state index contributed by atoms with van der Waals surface area (Å²) in [6, 6.07) is 12.0. The highest BCUT2D eigenvalue weighted by atomic mass is 32.2. The van der Waals surface area contributed by atoms with Crippen molar-refractivity contribution in [2.75, 3.05) is 19.3 Å². The van der Waals surface area contributed by atoms with E-state index in [4.69, 9.17) is 4.42 Å². The van der Waals surface area contributed by atoms with Crippen LogP contribution in [0.15, 0.2) is 47.1 Å². The highest BCUT2D eigenvalue weighted by Crippen LogP contribution is 2.30. The van der Waals surface area contributed by atoms with Gasteiger partial charge in [0.2, 0.25) is 15.9 Å². The summed E-state index contributed by atoms with van der Waals surface area (Å²) < 4.78 is 30.3. The summed E-state index contributed by atoms with van der Waals surface area (Å²) in [5, 5.41) is 6.21. The molecule has 0 radical (unpaired) electrons. The summed E-state index contributed by atoms with van der Waals surface area (Å²) in [6.07, 6.45) is 4.39. The van der Waals surface area contributed by atoms with Gasteiger partial charge in [0, 0.05) is 30.1 Å². The zero-order valence-electron chi connectivity index (χ0n) is 15.1. The molecule has 1 aromatic heterocycles. The standard InChI is InChI=1S/C20H22N2O4S/c1-27(24,25)22-10-8-16(9-11-22)21-19(23)12-15-13-26-18-7-6-14-4-2-3-5-17(14)20(15)18/h2-7,13,16H,8-12H2,1H3,(H,21,23). The van der Waals surface area contributed by atoms with Gasteiger partial charge in [-0.05, 0) is 29.7 Å². The van der Waals surface area contributed by atoms with Crippen molar-refractivity contribution in [1.29, 1.82) is 0 Å².